The summed E-state index contributed by atoms with van der Waals surface area (Å²) in [6, 6.07) is 5.44. The van der Waals surface area contributed by atoms with Gasteiger partial charge >= 0.3 is 0 Å². The van der Waals surface area contributed by atoms with Crippen LogP contribution < -0.4 is 5.32 Å². The minimum absolute atomic E-state index is 0.255. The lowest BCUT2D eigenvalue weighted by atomic mass is 10.2. The van der Waals surface area contributed by atoms with Crippen LogP contribution in [0.15, 0.2) is 22.7 Å². The van der Waals surface area contributed by atoms with Gasteiger partial charge in [-0.1, -0.05) is 6.07 Å². The van der Waals surface area contributed by atoms with E-state index in [4.69, 9.17) is 0 Å². The first-order valence-corrected chi connectivity index (χ1v) is 7.60. The Hall–Kier alpha value is -0.390. The third kappa shape index (κ3) is 5.09. The molecule has 0 radical (unpaired) electrons. The fourth-order valence-corrected chi connectivity index (χ4v) is 2.27. The zero-order chi connectivity index (χ0) is 12.0. The summed E-state index contributed by atoms with van der Waals surface area (Å²) in [6.07, 6.45) is 2.64. The van der Waals surface area contributed by atoms with Gasteiger partial charge in [0, 0.05) is 29.4 Å². The van der Waals surface area contributed by atoms with E-state index in [-0.39, 0.29) is 5.75 Å². The van der Waals surface area contributed by atoms with E-state index in [9.17, 15) is 9.32 Å². The molecule has 0 heterocycles. The van der Waals surface area contributed by atoms with E-state index in [1.807, 2.05) is 12.1 Å². The average Bonchev–Trinajstić information content (AvgIpc) is 2.22. The number of hydrogen-bond acceptors (Lipinski definition) is 3. The molecule has 3 nitrogen and oxygen atoms in total. The zero-order valence-corrected chi connectivity index (χ0v) is 11.6. The van der Waals surface area contributed by atoms with Crippen LogP contribution in [0.3, 0.4) is 0 Å². The van der Waals surface area contributed by atoms with Gasteiger partial charge in [0.05, 0.1) is 4.47 Å². The number of rotatable bonds is 6. The molecule has 0 saturated heterocycles. The second kappa shape index (κ2) is 7.04. The van der Waals surface area contributed by atoms with Gasteiger partial charge in [-0.15, -0.1) is 0 Å². The van der Waals surface area contributed by atoms with E-state index >= 15 is 0 Å². The van der Waals surface area contributed by atoms with Gasteiger partial charge in [-0.2, -0.15) is 0 Å². The summed E-state index contributed by atoms with van der Waals surface area (Å²) in [5.74, 6) is 0.997. The molecule has 0 saturated carbocycles. The Morgan fingerprint density at radius 3 is 2.88 bits per heavy atom. The summed E-state index contributed by atoms with van der Waals surface area (Å²) in [5, 5.41) is 12.6. The van der Waals surface area contributed by atoms with Crippen LogP contribution in [0.2, 0.25) is 0 Å². The number of benzene rings is 1. The minimum atomic E-state index is -0.701. The highest BCUT2D eigenvalue weighted by molar-refractivity contribution is 9.10. The summed E-state index contributed by atoms with van der Waals surface area (Å²) in [6.45, 7) is 1.62. The maximum atomic E-state index is 10.8. The van der Waals surface area contributed by atoms with Crippen molar-refractivity contribution in [3.05, 3.63) is 28.2 Å². The maximum Gasteiger partial charge on any atom is 0.129 e. The van der Waals surface area contributed by atoms with Crippen LogP contribution in [-0.4, -0.2) is 27.9 Å². The Morgan fingerprint density at radius 1 is 1.50 bits per heavy atom. The maximum absolute atomic E-state index is 10.8. The van der Waals surface area contributed by atoms with Gasteiger partial charge in [0.15, 0.2) is 0 Å². The molecule has 0 aliphatic rings. The summed E-state index contributed by atoms with van der Waals surface area (Å²) < 4.78 is 11.5. The molecule has 1 aromatic carbocycles. The first kappa shape index (κ1) is 13.7. The molecular weight excluding hydrogens is 290 g/mol. The number of phenols is 1. The fraction of sp³-hybridized carbons (Fsp3) is 0.455. The Morgan fingerprint density at radius 2 is 2.25 bits per heavy atom. The van der Waals surface area contributed by atoms with Crippen molar-refractivity contribution in [2.75, 3.05) is 18.6 Å². The topological polar surface area (TPSA) is 49.3 Å². The molecule has 0 fully saturated rings. The molecular formula is C11H16BrNO2S. The Labute approximate surface area is 107 Å². The standard InChI is InChI=1S/C11H16BrNO2S/c1-16(15)6-2-5-13-8-9-3-4-11(14)10(12)7-9/h3-4,7,13-14H,2,5-6,8H2,1H3. The Balaban J connectivity index is 2.27. The van der Waals surface area contributed by atoms with Crippen LogP contribution >= 0.6 is 15.9 Å². The van der Waals surface area contributed by atoms with E-state index in [1.165, 1.54) is 0 Å². The molecule has 0 spiro atoms. The normalized spacial score (nSPS) is 12.6. The van der Waals surface area contributed by atoms with Crippen molar-refractivity contribution in [1.82, 2.24) is 5.32 Å². The molecule has 1 atom stereocenters. The largest absolute Gasteiger partial charge is 0.507 e. The SMILES string of the molecule is CS(=O)CCCNCc1ccc(O)c(Br)c1. The first-order valence-electron chi connectivity index (χ1n) is 5.07. The number of aromatic hydroxyl groups is 1. The molecule has 16 heavy (non-hydrogen) atoms. The average molecular weight is 306 g/mol. The van der Waals surface area contributed by atoms with E-state index in [2.05, 4.69) is 21.2 Å². The molecule has 0 aliphatic carbocycles. The molecule has 5 heteroatoms. The monoisotopic (exact) mass is 305 g/mol. The van der Waals surface area contributed by atoms with Gasteiger partial charge in [0.25, 0.3) is 0 Å². The van der Waals surface area contributed by atoms with Gasteiger partial charge in [-0.05, 0) is 46.6 Å². The lowest BCUT2D eigenvalue weighted by Crippen LogP contribution is -2.16. The highest BCUT2D eigenvalue weighted by Crippen LogP contribution is 2.23. The van der Waals surface area contributed by atoms with E-state index in [0.717, 1.165) is 30.8 Å². The zero-order valence-electron chi connectivity index (χ0n) is 9.20. The minimum Gasteiger partial charge on any atom is -0.507 e. The highest BCUT2D eigenvalue weighted by atomic mass is 79.9. The van der Waals surface area contributed by atoms with Crippen LogP contribution in [-0.2, 0) is 17.3 Å². The van der Waals surface area contributed by atoms with Gasteiger partial charge < -0.3 is 10.4 Å². The van der Waals surface area contributed by atoms with Crippen LogP contribution in [0.4, 0.5) is 0 Å². The molecule has 1 rings (SSSR count). The molecule has 0 amide bonds. The molecule has 2 N–H and O–H groups in total. The molecule has 0 bridgehead atoms. The predicted octanol–water partition coefficient (Wildman–Crippen LogP) is 2.01. The smallest absolute Gasteiger partial charge is 0.129 e. The van der Waals surface area contributed by atoms with Gasteiger partial charge in [0.1, 0.15) is 5.75 Å². The second-order valence-corrected chi connectivity index (χ2v) is 6.00. The molecule has 90 valence electrons. The third-order valence-electron chi connectivity index (χ3n) is 2.13. The van der Waals surface area contributed by atoms with Crippen LogP contribution in [0.5, 0.6) is 5.75 Å². The van der Waals surface area contributed by atoms with Crippen LogP contribution in [0.1, 0.15) is 12.0 Å². The lowest BCUT2D eigenvalue weighted by molar-refractivity contribution is 0.471. The number of phenolic OH excluding ortho intramolecular Hbond substituents is 1. The molecule has 0 aromatic heterocycles. The summed E-state index contributed by atoms with van der Waals surface area (Å²) in [5.41, 5.74) is 1.11. The van der Waals surface area contributed by atoms with Crippen LogP contribution in [0.25, 0.3) is 0 Å². The number of nitrogens with one attached hydrogen (secondary N) is 1. The van der Waals surface area contributed by atoms with Crippen LogP contribution in [0, 0.1) is 0 Å². The van der Waals surface area contributed by atoms with Gasteiger partial charge in [-0.3, -0.25) is 4.21 Å². The van der Waals surface area contributed by atoms with Crippen molar-refractivity contribution in [1.29, 1.82) is 0 Å². The summed E-state index contributed by atoms with van der Waals surface area (Å²) in [7, 11) is -0.701. The Kier molecular flexibility index (Phi) is 6.01. The summed E-state index contributed by atoms with van der Waals surface area (Å²) in [4.78, 5) is 0. The van der Waals surface area contributed by atoms with Crippen molar-refractivity contribution in [2.45, 2.75) is 13.0 Å². The molecule has 1 unspecified atom stereocenters. The van der Waals surface area contributed by atoms with Crippen molar-refractivity contribution < 1.29 is 9.32 Å². The molecule has 1 aromatic rings. The summed E-state index contributed by atoms with van der Waals surface area (Å²) >= 11 is 3.27. The quantitative estimate of drug-likeness (QED) is 0.791. The first-order chi connectivity index (χ1) is 7.59. The Bertz CT molecular complexity index is 371. The van der Waals surface area contributed by atoms with E-state index < -0.39 is 10.8 Å². The second-order valence-electron chi connectivity index (χ2n) is 3.59. The third-order valence-corrected chi connectivity index (χ3v) is 3.63. The van der Waals surface area contributed by atoms with E-state index in [0.29, 0.717) is 4.47 Å². The lowest BCUT2D eigenvalue weighted by Gasteiger charge is -2.05. The predicted molar refractivity (Wildman–Crippen MR) is 71.1 cm³/mol. The fourth-order valence-electron chi connectivity index (χ4n) is 1.29. The van der Waals surface area contributed by atoms with Crippen molar-refractivity contribution in [3.8, 4) is 5.75 Å². The van der Waals surface area contributed by atoms with Gasteiger partial charge in [-0.25, -0.2) is 0 Å². The highest BCUT2D eigenvalue weighted by Gasteiger charge is 1.99. The van der Waals surface area contributed by atoms with Crippen molar-refractivity contribution >= 4 is 26.7 Å². The van der Waals surface area contributed by atoms with Gasteiger partial charge in [0.2, 0.25) is 0 Å². The van der Waals surface area contributed by atoms with Crippen molar-refractivity contribution in [3.63, 3.8) is 0 Å². The van der Waals surface area contributed by atoms with Crippen molar-refractivity contribution in [2.24, 2.45) is 0 Å². The number of hydrogen-bond donors (Lipinski definition) is 2. The molecule has 0 aliphatic heterocycles. The van der Waals surface area contributed by atoms with E-state index in [1.54, 1.807) is 12.3 Å². The number of halogens is 1.